The first-order valence-corrected chi connectivity index (χ1v) is 7.44. The predicted molar refractivity (Wildman–Crippen MR) is 82.3 cm³/mol. The van der Waals surface area contributed by atoms with E-state index in [1.165, 1.54) is 12.1 Å². The Bertz CT molecular complexity index is 657. The van der Waals surface area contributed by atoms with Gasteiger partial charge in [0.1, 0.15) is 18.2 Å². The van der Waals surface area contributed by atoms with Crippen molar-refractivity contribution in [1.29, 1.82) is 5.26 Å². The largest absolute Gasteiger partial charge is 0.486 e. The lowest BCUT2D eigenvalue weighted by Crippen LogP contribution is -2.01. The Morgan fingerprint density at radius 2 is 1.90 bits per heavy atom. The van der Waals surface area contributed by atoms with Gasteiger partial charge in [-0.15, -0.1) is 0 Å². The summed E-state index contributed by atoms with van der Waals surface area (Å²) in [5, 5.41) is 9.17. The molecule has 0 heterocycles. The minimum Gasteiger partial charge on any atom is -0.486 e. The molecular weight excluding hydrogens is 412 g/mol. The average Bonchev–Trinajstić information content (AvgIpc) is 2.40. The van der Waals surface area contributed by atoms with Gasteiger partial charge in [0, 0.05) is 5.56 Å². The number of ether oxygens (including phenoxy) is 1. The Balaban J connectivity index is 2.26. The number of halogens is 4. The van der Waals surface area contributed by atoms with Crippen LogP contribution in [-0.2, 0) is 6.61 Å². The molecule has 0 amide bonds. The lowest BCUT2D eigenvalue weighted by molar-refractivity contribution is 0.296. The molecule has 0 aliphatic rings. The van der Waals surface area contributed by atoms with Crippen LogP contribution < -0.4 is 4.74 Å². The normalized spacial score (nSPS) is 10.2. The van der Waals surface area contributed by atoms with Gasteiger partial charge in [0.05, 0.1) is 25.6 Å². The van der Waals surface area contributed by atoms with Crippen LogP contribution in [0.5, 0.6) is 5.75 Å². The van der Waals surface area contributed by atoms with Gasteiger partial charge in [-0.2, -0.15) is 5.26 Å². The molecule has 0 aliphatic heterocycles. The van der Waals surface area contributed by atoms with Crippen molar-refractivity contribution >= 4 is 43.5 Å². The van der Waals surface area contributed by atoms with Crippen molar-refractivity contribution in [2.45, 2.75) is 6.61 Å². The third-order valence-electron chi connectivity index (χ3n) is 2.55. The van der Waals surface area contributed by atoms with E-state index < -0.39 is 5.82 Å². The zero-order valence-electron chi connectivity index (χ0n) is 9.96. The summed E-state index contributed by atoms with van der Waals surface area (Å²) in [6, 6.07) is 9.75. The summed E-state index contributed by atoms with van der Waals surface area (Å²) in [7, 11) is 0. The first-order valence-electron chi connectivity index (χ1n) is 5.47. The van der Waals surface area contributed by atoms with Crippen LogP contribution in [0.25, 0.3) is 0 Å². The van der Waals surface area contributed by atoms with E-state index in [-0.39, 0.29) is 12.2 Å². The molecule has 0 aromatic heterocycles. The summed E-state index contributed by atoms with van der Waals surface area (Å²) in [6.07, 6.45) is 0. The molecule has 2 nitrogen and oxygen atoms in total. The smallest absolute Gasteiger partial charge is 0.148 e. The van der Waals surface area contributed by atoms with E-state index in [4.69, 9.17) is 21.6 Å². The summed E-state index contributed by atoms with van der Waals surface area (Å²) in [6.45, 7) is -0.00535. The van der Waals surface area contributed by atoms with Gasteiger partial charge < -0.3 is 4.74 Å². The molecule has 0 radical (unpaired) electrons. The van der Waals surface area contributed by atoms with Crippen molar-refractivity contribution in [3.05, 3.63) is 61.2 Å². The van der Waals surface area contributed by atoms with Crippen LogP contribution in [0.2, 0.25) is 5.02 Å². The maximum absolute atomic E-state index is 13.6. The van der Waals surface area contributed by atoms with Gasteiger partial charge in [-0.25, -0.2) is 4.39 Å². The molecule has 2 aromatic rings. The Morgan fingerprint density at radius 3 is 2.45 bits per heavy atom. The molecule has 0 bridgehead atoms. The van der Waals surface area contributed by atoms with Crippen molar-refractivity contribution < 1.29 is 9.13 Å². The monoisotopic (exact) mass is 417 g/mol. The average molecular weight is 419 g/mol. The first kappa shape index (κ1) is 15.3. The maximum Gasteiger partial charge on any atom is 0.148 e. The summed E-state index contributed by atoms with van der Waals surface area (Å²) < 4.78 is 20.4. The van der Waals surface area contributed by atoms with Gasteiger partial charge in [-0.05, 0) is 56.1 Å². The molecule has 0 saturated carbocycles. The maximum atomic E-state index is 13.6. The molecule has 0 atom stereocenters. The van der Waals surface area contributed by atoms with Crippen molar-refractivity contribution in [2.75, 3.05) is 0 Å². The molecule has 0 unspecified atom stereocenters. The molecule has 0 N–H and O–H groups in total. The Kier molecular flexibility index (Phi) is 5.03. The lowest BCUT2D eigenvalue weighted by atomic mass is 10.2. The van der Waals surface area contributed by atoms with Gasteiger partial charge in [0.25, 0.3) is 0 Å². The van der Waals surface area contributed by atoms with Gasteiger partial charge in [0.2, 0.25) is 0 Å². The molecular formula is C14H7Br2ClFNO. The molecule has 20 heavy (non-hydrogen) atoms. The third-order valence-corrected chi connectivity index (χ3v) is 4.08. The summed E-state index contributed by atoms with van der Waals surface area (Å²) >= 11 is 12.6. The number of hydrogen-bond acceptors (Lipinski definition) is 2. The van der Waals surface area contributed by atoms with Crippen LogP contribution >= 0.6 is 43.5 Å². The second-order valence-electron chi connectivity index (χ2n) is 3.87. The fourth-order valence-corrected chi connectivity index (χ4v) is 3.21. The fourth-order valence-electron chi connectivity index (χ4n) is 1.58. The number of benzene rings is 2. The molecule has 0 spiro atoms. The highest BCUT2D eigenvalue weighted by atomic mass is 79.9. The highest BCUT2D eigenvalue weighted by molar-refractivity contribution is 9.11. The van der Waals surface area contributed by atoms with Crippen LogP contribution in [0.1, 0.15) is 11.1 Å². The van der Waals surface area contributed by atoms with E-state index in [1.807, 2.05) is 6.07 Å². The van der Waals surface area contributed by atoms with E-state index in [9.17, 15) is 4.39 Å². The predicted octanol–water partition coefficient (Wildman–Crippen LogP) is 5.45. The minimum absolute atomic E-state index is 0.00535. The van der Waals surface area contributed by atoms with Crippen molar-refractivity contribution in [1.82, 2.24) is 0 Å². The molecule has 6 heteroatoms. The zero-order chi connectivity index (χ0) is 14.7. The van der Waals surface area contributed by atoms with E-state index in [1.54, 1.807) is 18.2 Å². The zero-order valence-corrected chi connectivity index (χ0v) is 13.9. The molecule has 2 aromatic carbocycles. The van der Waals surface area contributed by atoms with E-state index in [2.05, 4.69) is 31.9 Å². The van der Waals surface area contributed by atoms with Gasteiger partial charge >= 0.3 is 0 Å². The van der Waals surface area contributed by atoms with Gasteiger partial charge in [0.15, 0.2) is 0 Å². The van der Waals surface area contributed by atoms with Crippen LogP contribution in [0.15, 0.2) is 39.3 Å². The highest BCUT2D eigenvalue weighted by Gasteiger charge is 2.12. The SMILES string of the molecule is N#Cc1cc(Br)c(OCc2c(F)cccc2Cl)c(Br)c1. The standard InChI is InChI=1S/C14H7Br2ClFNO/c15-10-4-8(6-19)5-11(16)14(10)20-7-9-12(17)2-1-3-13(9)18/h1-5H,7H2. The van der Waals surface area contributed by atoms with Gasteiger partial charge in [-0.3, -0.25) is 0 Å². The quantitative estimate of drug-likeness (QED) is 0.662. The second-order valence-corrected chi connectivity index (χ2v) is 5.99. The number of hydrogen-bond donors (Lipinski definition) is 0. The Morgan fingerprint density at radius 1 is 1.25 bits per heavy atom. The summed E-state index contributed by atoms with van der Waals surface area (Å²) in [5.74, 6) is 0.0710. The Hall–Kier alpha value is -1.09. The van der Waals surface area contributed by atoms with Crippen LogP contribution in [0, 0.1) is 17.1 Å². The number of rotatable bonds is 3. The second kappa shape index (κ2) is 6.57. The third kappa shape index (κ3) is 3.32. The summed E-state index contributed by atoms with van der Waals surface area (Å²) in [4.78, 5) is 0. The van der Waals surface area contributed by atoms with Crippen molar-refractivity contribution in [3.63, 3.8) is 0 Å². The molecule has 2 rings (SSSR count). The number of nitrogens with zero attached hydrogens (tertiary/aromatic N) is 1. The van der Waals surface area contributed by atoms with Crippen LogP contribution in [-0.4, -0.2) is 0 Å². The minimum atomic E-state index is -0.418. The molecule has 102 valence electrons. The number of nitriles is 1. The first-order chi connectivity index (χ1) is 9.52. The lowest BCUT2D eigenvalue weighted by Gasteiger charge is -2.12. The van der Waals surface area contributed by atoms with Gasteiger partial charge in [-0.1, -0.05) is 17.7 Å². The van der Waals surface area contributed by atoms with E-state index in [0.29, 0.717) is 25.3 Å². The summed E-state index contributed by atoms with van der Waals surface area (Å²) in [5.41, 5.74) is 0.775. The van der Waals surface area contributed by atoms with Crippen molar-refractivity contribution in [3.8, 4) is 11.8 Å². The van der Waals surface area contributed by atoms with Crippen molar-refractivity contribution in [2.24, 2.45) is 0 Å². The van der Waals surface area contributed by atoms with Crippen LogP contribution in [0.3, 0.4) is 0 Å². The fraction of sp³-hybridized carbons (Fsp3) is 0.0714. The molecule has 0 saturated heterocycles. The Labute approximate surface area is 137 Å². The topological polar surface area (TPSA) is 33.0 Å². The molecule has 0 aliphatic carbocycles. The van der Waals surface area contributed by atoms with E-state index >= 15 is 0 Å². The highest BCUT2D eigenvalue weighted by Crippen LogP contribution is 2.35. The van der Waals surface area contributed by atoms with E-state index in [0.717, 1.165) is 0 Å². The van der Waals surface area contributed by atoms with Crippen LogP contribution in [0.4, 0.5) is 4.39 Å². The molecule has 0 fully saturated rings.